The van der Waals surface area contributed by atoms with E-state index in [2.05, 4.69) is 25.8 Å². The highest BCUT2D eigenvalue weighted by atomic mass is 16.5. The lowest BCUT2D eigenvalue weighted by atomic mass is 10.2. The first kappa shape index (κ1) is 16.5. The summed E-state index contributed by atoms with van der Waals surface area (Å²) in [5.74, 6) is 2.35. The van der Waals surface area contributed by atoms with Gasteiger partial charge in [0.1, 0.15) is 11.5 Å². The van der Waals surface area contributed by atoms with Crippen LogP contribution in [0.15, 0.2) is 54.7 Å². The van der Waals surface area contributed by atoms with Crippen LogP contribution < -0.4 is 20.1 Å². The molecule has 1 aromatic heterocycles. The highest BCUT2D eigenvalue weighted by molar-refractivity contribution is 5.64. The van der Waals surface area contributed by atoms with Crippen molar-refractivity contribution < 1.29 is 9.47 Å². The number of methoxy groups -OCH3 is 2. The van der Waals surface area contributed by atoms with E-state index in [4.69, 9.17) is 9.47 Å². The fourth-order valence-electron chi connectivity index (χ4n) is 2.25. The SMILES string of the molecule is COc1ccc(Nc2nncc(NCc3ccccc3)n2)c(OC)c1. The van der Waals surface area contributed by atoms with Crippen molar-refractivity contribution in [2.24, 2.45) is 0 Å². The molecular formula is C18H19N5O2. The molecule has 7 heteroatoms. The average Bonchev–Trinajstić information content (AvgIpc) is 2.68. The molecule has 0 bridgehead atoms. The number of hydrogen-bond donors (Lipinski definition) is 2. The second kappa shape index (κ2) is 7.96. The summed E-state index contributed by atoms with van der Waals surface area (Å²) in [7, 11) is 3.20. The van der Waals surface area contributed by atoms with Crippen molar-refractivity contribution in [3.8, 4) is 11.5 Å². The lowest BCUT2D eigenvalue weighted by Gasteiger charge is -2.12. The zero-order valence-electron chi connectivity index (χ0n) is 14.1. The topological polar surface area (TPSA) is 81.2 Å². The number of nitrogens with zero attached hydrogens (tertiary/aromatic N) is 3. The van der Waals surface area contributed by atoms with Gasteiger partial charge in [-0.15, -0.1) is 5.10 Å². The van der Waals surface area contributed by atoms with Gasteiger partial charge in [-0.2, -0.15) is 10.1 Å². The van der Waals surface area contributed by atoms with E-state index in [0.29, 0.717) is 29.8 Å². The van der Waals surface area contributed by atoms with E-state index in [-0.39, 0.29) is 0 Å². The molecule has 0 aliphatic rings. The van der Waals surface area contributed by atoms with Crippen LogP contribution in [0.3, 0.4) is 0 Å². The monoisotopic (exact) mass is 337 g/mol. The minimum atomic E-state index is 0.376. The van der Waals surface area contributed by atoms with Gasteiger partial charge >= 0.3 is 0 Å². The quantitative estimate of drug-likeness (QED) is 0.685. The molecule has 0 unspecified atom stereocenters. The maximum absolute atomic E-state index is 5.36. The molecule has 0 atom stereocenters. The van der Waals surface area contributed by atoms with Crippen molar-refractivity contribution in [3.05, 3.63) is 60.3 Å². The summed E-state index contributed by atoms with van der Waals surface area (Å²) in [6.07, 6.45) is 1.58. The molecule has 0 saturated carbocycles. The van der Waals surface area contributed by atoms with Crippen LogP contribution in [0.5, 0.6) is 11.5 Å². The molecule has 7 nitrogen and oxygen atoms in total. The number of hydrogen-bond acceptors (Lipinski definition) is 7. The van der Waals surface area contributed by atoms with E-state index >= 15 is 0 Å². The van der Waals surface area contributed by atoms with Crippen molar-refractivity contribution in [2.75, 3.05) is 24.9 Å². The van der Waals surface area contributed by atoms with E-state index in [1.807, 2.05) is 42.5 Å². The van der Waals surface area contributed by atoms with Gasteiger partial charge in [-0.25, -0.2) is 0 Å². The first-order valence-corrected chi connectivity index (χ1v) is 7.75. The van der Waals surface area contributed by atoms with Gasteiger partial charge in [0, 0.05) is 12.6 Å². The van der Waals surface area contributed by atoms with Gasteiger partial charge < -0.3 is 20.1 Å². The molecule has 0 aliphatic heterocycles. The Hall–Kier alpha value is -3.35. The van der Waals surface area contributed by atoms with Gasteiger partial charge in [-0.3, -0.25) is 0 Å². The summed E-state index contributed by atoms with van der Waals surface area (Å²) >= 11 is 0. The number of ether oxygens (including phenoxy) is 2. The normalized spacial score (nSPS) is 10.2. The van der Waals surface area contributed by atoms with Crippen LogP contribution in [0.2, 0.25) is 0 Å². The summed E-state index contributed by atoms with van der Waals surface area (Å²) in [5, 5.41) is 14.3. The fourth-order valence-corrected chi connectivity index (χ4v) is 2.25. The molecule has 3 aromatic rings. The third-order valence-corrected chi connectivity index (χ3v) is 3.53. The van der Waals surface area contributed by atoms with Crippen LogP contribution in [0, 0.1) is 0 Å². The number of anilines is 3. The minimum Gasteiger partial charge on any atom is -0.497 e. The number of benzene rings is 2. The fraction of sp³-hybridized carbons (Fsp3) is 0.167. The lowest BCUT2D eigenvalue weighted by molar-refractivity contribution is 0.395. The first-order valence-electron chi connectivity index (χ1n) is 7.75. The highest BCUT2D eigenvalue weighted by Gasteiger charge is 2.08. The summed E-state index contributed by atoms with van der Waals surface area (Å²) in [6, 6.07) is 15.5. The zero-order chi connectivity index (χ0) is 17.5. The Kier molecular flexibility index (Phi) is 5.26. The smallest absolute Gasteiger partial charge is 0.249 e. The third kappa shape index (κ3) is 4.35. The van der Waals surface area contributed by atoms with Gasteiger partial charge in [-0.05, 0) is 17.7 Å². The molecule has 0 aliphatic carbocycles. The second-order valence-electron chi connectivity index (χ2n) is 5.20. The maximum atomic E-state index is 5.36. The Bertz CT molecular complexity index is 827. The van der Waals surface area contributed by atoms with Crippen molar-refractivity contribution >= 4 is 17.5 Å². The molecule has 0 spiro atoms. The van der Waals surface area contributed by atoms with Crippen LogP contribution in [0.4, 0.5) is 17.5 Å². The van der Waals surface area contributed by atoms with Gasteiger partial charge in [-0.1, -0.05) is 30.3 Å². The van der Waals surface area contributed by atoms with Crippen molar-refractivity contribution in [1.82, 2.24) is 15.2 Å². The van der Waals surface area contributed by atoms with Gasteiger partial charge in [0.05, 0.1) is 26.1 Å². The number of nitrogens with one attached hydrogen (secondary N) is 2. The van der Waals surface area contributed by atoms with E-state index in [0.717, 1.165) is 11.3 Å². The molecule has 0 saturated heterocycles. The van der Waals surface area contributed by atoms with Gasteiger partial charge in [0.25, 0.3) is 0 Å². The molecule has 0 fully saturated rings. The van der Waals surface area contributed by atoms with Gasteiger partial charge in [0.15, 0.2) is 5.82 Å². The average molecular weight is 337 g/mol. The van der Waals surface area contributed by atoms with Crippen molar-refractivity contribution in [3.63, 3.8) is 0 Å². The maximum Gasteiger partial charge on any atom is 0.249 e. The molecule has 3 rings (SSSR count). The Morgan fingerprint density at radius 3 is 2.60 bits per heavy atom. The van der Waals surface area contributed by atoms with Crippen molar-refractivity contribution in [2.45, 2.75) is 6.54 Å². The Morgan fingerprint density at radius 2 is 1.84 bits per heavy atom. The number of rotatable bonds is 7. The van der Waals surface area contributed by atoms with E-state index < -0.39 is 0 Å². The van der Waals surface area contributed by atoms with Crippen LogP contribution >= 0.6 is 0 Å². The molecular weight excluding hydrogens is 318 g/mol. The predicted molar refractivity (Wildman–Crippen MR) is 96.4 cm³/mol. The summed E-state index contributed by atoms with van der Waals surface area (Å²) < 4.78 is 10.6. The van der Waals surface area contributed by atoms with Crippen LogP contribution in [0.25, 0.3) is 0 Å². The largest absolute Gasteiger partial charge is 0.497 e. The van der Waals surface area contributed by atoms with Crippen LogP contribution in [-0.4, -0.2) is 29.4 Å². The van der Waals surface area contributed by atoms with Crippen molar-refractivity contribution in [1.29, 1.82) is 0 Å². The summed E-state index contributed by atoms with van der Waals surface area (Å²) in [6.45, 7) is 0.658. The third-order valence-electron chi connectivity index (χ3n) is 3.53. The Balaban J connectivity index is 1.71. The molecule has 1 heterocycles. The second-order valence-corrected chi connectivity index (χ2v) is 5.20. The molecule has 2 N–H and O–H groups in total. The van der Waals surface area contributed by atoms with Crippen LogP contribution in [-0.2, 0) is 6.54 Å². The highest BCUT2D eigenvalue weighted by Crippen LogP contribution is 2.30. The first-order chi connectivity index (χ1) is 12.3. The summed E-state index contributed by atoms with van der Waals surface area (Å²) in [4.78, 5) is 4.42. The molecule has 2 aromatic carbocycles. The minimum absolute atomic E-state index is 0.376. The molecule has 25 heavy (non-hydrogen) atoms. The van der Waals surface area contributed by atoms with E-state index in [9.17, 15) is 0 Å². The Labute approximate surface area is 146 Å². The molecule has 0 amide bonds. The number of aromatic nitrogens is 3. The predicted octanol–water partition coefficient (Wildman–Crippen LogP) is 3.24. The van der Waals surface area contributed by atoms with E-state index in [1.165, 1.54) is 0 Å². The molecule has 0 radical (unpaired) electrons. The Morgan fingerprint density at radius 1 is 1.00 bits per heavy atom. The summed E-state index contributed by atoms with van der Waals surface area (Å²) in [5.41, 5.74) is 1.89. The zero-order valence-corrected chi connectivity index (χ0v) is 14.1. The van der Waals surface area contributed by atoms with Gasteiger partial charge in [0.2, 0.25) is 5.95 Å². The van der Waals surface area contributed by atoms with Crippen LogP contribution in [0.1, 0.15) is 5.56 Å². The standard InChI is InChI=1S/C18H19N5O2/c1-24-14-8-9-15(16(10-14)25-2)21-18-22-17(12-20-23-18)19-11-13-6-4-3-5-7-13/h3-10,12H,11H2,1-2H3,(H2,19,21,22,23). The van der Waals surface area contributed by atoms with E-state index in [1.54, 1.807) is 26.5 Å². The molecule has 128 valence electrons. The lowest BCUT2D eigenvalue weighted by Crippen LogP contribution is -2.06.